The fourth-order valence-electron chi connectivity index (χ4n) is 2.70. The van der Waals surface area contributed by atoms with Crippen LogP contribution in [0, 0.1) is 0 Å². The summed E-state index contributed by atoms with van der Waals surface area (Å²) < 4.78 is 24.4. The zero-order chi connectivity index (χ0) is 14.8. The Morgan fingerprint density at radius 1 is 1.30 bits per heavy atom. The first kappa shape index (κ1) is 14.8. The monoisotopic (exact) mass is 294 g/mol. The Bertz CT molecular complexity index is 642. The highest BCUT2D eigenvalue weighted by atomic mass is 32.2. The maximum absolute atomic E-state index is 11.6. The highest BCUT2D eigenvalue weighted by molar-refractivity contribution is 7.92. The molecule has 0 amide bonds. The predicted octanol–water partition coefficient (Wildman–Crippen LogP) is 2.19. The van der Waals surface area contributed by atoms with E-state index in [0.29, 0.717) is 5.69 Å². The number of hydrogen-bond acceptors (Lipinski definition) is 4. The van der Waals surface area contributed by atoms with Crippen molar-refractivity contribution in [2.45, 2.75) is 31.2 Å². The predicted molar refractivity (Wildman–Crippen MR) is 78.0 cm³/mol. The number of aliphatic imine (C=N–C) groups is 1. The van der Waals surface area contributed by atoms with E-state index in [4.69, 9.17) is 0 Å². The molecule has 1 aliphatic rings. The second-order valence-electron chi connectivity index (χ2n) is 5.22. The fourth-order valence-corrected chi connectivity index (χ4v) is 3.19. The van der Waals surface area contributed by atoms with Gasteiger partial charge in [0.1, 0.15) is 0 Å². The Kier molecular flexibility index (Phi) is 3.97. The molecule has 1 aliphatic carbocycles. The van der Waals surface area contributed by atoms with Crippen LogP contribution in [-0.4, -0.2) is 27.8 Å². The van der Waals surface area contributed by atoms with E-state index in [1.165, 1.54) is 11.4 Å². The fraction of sp³-hybridized carbons (Fsp3) is 0.500. The van der Waals surface area contributed by atoms with Crippen LogP contribution in [0.1, 0.15) is 31.2 Å². The molecule has 1 saturated carbocycles. The highest BCUT2D eigenvalue weighted by Gasteiger charge is 2.36. The van der Waals surface area contributed by atoms with Crippen LogP contribution < -0.4 is 4.31 Å². The van der Waals surface area contributed by atoms with E-state index >= 15 is 0 Å². The normalized spacial score (nSPS) is 17.5. The molecule has 0 spiro atoms. The van der Waals surface area contributed by atoms with Crippen LogP contribution in [0.15, 0.2) is 29.3 Å². The first-order chi connectivity index (χ1) is 9.39. The summed E-state index contributed by atoms with van der Waals surface area (Å²) in [5.41, 5.74) is 0.930. The van der Waals surface area contributed by atoms with Gasteiger partial charge >= 0.3 is 0 Å². The van der Waals surface area contributed by atoms with Crippen LogP contribution in [0.25, 0.3) is 0 Å². The number of carbonyl (C=O) groups excluding carboxylic acids is 1. The van der Waals surface area contributed by atoms with E-state index < -0.39 is 15.6 Å². The Balaban J connectivity index is 2.46. The average Bonchev–Trinajstić information content (AvgIpc) is 2.87. The van der Waals surface area contributed by atoms with Gasteiger partial charge in [-0.25, -0.2) is 13.2 Å². The van der Waals surface area contributed by atoms with Crippen molar-refractivity contribution in [3.63, 3.8) is 0 Å². The largest absolute Gasteiger partial charge is 0.274 e. The third-order valence-electron chi connectivity index (χ3n) is 3.93. The number of isocyanates is 1. The average molecular weight is 294 g/mol. The van der Waals surface area contributed by atoms with Gasteiger partial charge in [-0.05, 0) is 30.5 Å². The maximum atomic E-state index is 11.6. The molecule has 0 aliphatic heterocycles. The van der Waals surface area contributed by atoms with Crippen molar-refractivity contribution in [1.29, 1.82) is 0 Å². The van der Waals surface area contributed by atoms with E-state index in [1.807, 2.05) is 6.07 Å². The minimum Gasteiger partial charge on any atom is -0.274 e. The van der Waals surface area contributed by atoms with E-state index in [1.54, 1.807) is 24.3 Å². The molecule has 2 rings (SSSR count). The van der Waals surface area contributed by atoms with Gasteiger partial charge in [0, 0.05) is 7.05 Å². The zero-order valence-electron chi connectivity index (χ0n) is 11.7. The van der Waals surface area contributed by atoms with Gasteiger partial charge in [0.05, 0.1) is 17.5 Å². The smallest absolute Gasteiger partial charge is 0.235 e. The van der Waals surface area contributed by atoms with E-state index in [9.17, 15) is 13.2 Å². The van der Waals surface area contributed by atoms with Gasteiger partial charge in [-0.15, -0.1) is 0 Å². The lowest BCUT2D eigenvalue weighted by Crippen LogP contribution is -2.26. The van der Waals surface area contributed by atoms with Crippen LogP contribution in [-0.2, 0) is 20.4 Å². The second kappa shape index (κ2) is 5.38. The van der Waals surface area contributed by atoms with Gasteiger partial charge in [0.25, 0.3) is 0 Å². The lowest BCUT2D eigenvalue weighted by atomic mass is 9.89. The van der Waals surface area contributed by atoms with Gasteiger partial charge in [0.2, 0.25) is 16.1 Å². The third kappa shape index (κ3) is 2.76. The number of nitrogens with zero attached hydrogens (tertiary/aromatic N) is 2. The number of hydrogen-bond donors (Lipinski definition) is 0. The molecule has 0 heterocycles. The van der Waals surface area contributed by atoms with Crippen LogP contribution >= 0.6 is 0 Å². The quantitative estimate of drug-likeness (QED) is 0.631. The number of rotatable bonds is 4. The molecule has 0 aromatic heterocycles. The molecule has 6 heteroatoms. The highest BCUT2D eigenvalue weighted by Crippen LogP contribution is 2.42. The van der Waals surface area contributed by atoms with E-state index in [2.05, 4.69) is 4.99 Å². The molecular weight excluding hydrogens is 276 g/mol. The van der Waals surface area contributed by atoms with Crippen molar-refractivity contribution in [2.24, 2.45) is 4.99 Å². The van der Waals surface area contributed by atoms with Crippen LogP contribution in [0.5, 0.6) is 0 Å². The summed E-state index contributed by atoms with van der Waals surface area (Å²) in [6.07, 6.45) is 6.45. The van der Waals surface area contributed by atoms with Crippen molar-refractivity contribution in [1.82, 2.24) is 0 Å². The van der Waals surface area contributed by atoms with Gasteiger partial charge in [0.15, 0.2) is 0 Å². The van der Waals surface area contributed by atoms with Crippen LogP contribution in [0.3, 0.4) is 0 Å². The lowest BCUT2D eigenvalue weighted by Gasteiger charge is -2.25. The Morgan fingerprint density at radius 2 is 1.95 bits per heavy atom. The Hall–Kier alpha value is -1.65. The molecule has 0 radical (unpaired) electrons. The molecule has 0 atom stereocenters. The molecule has 0 bridgehead atoms. The molecule has 0 unspecified atom stereocenters. The summed E-state index contributed by atoms with van der Waals surface area (Å²) in [5.74, 6) is 0. The summed E-state index contributed by atoms with van der Waals surface area (Å²) in [6, 6.07) is 7.23. The van der Waals surface area contributed by atoms with Crippen molar-refractivity contribution in [2.75, 3.05) is 17.6 Å². The van der Waals surface area contributed by atoms with E-state index in [0.717, 1.165) is 37.5 Å². The topological polar surface area (TPSA) is 66.8 Å². The van der Waals surface area contributed by atoms with Crippen LogP contribution in [0.4, 0.5) is 5.69 Å². The molecule has 5 nitrogen and oxygen atoms in total. The van der Waals surface area contributed by atoms with Gasteiger partial charge in [-0.2, -0.15) is 4.99 Å². The minimum atomic E-state index is -3.30. The molecule has 108 valence electrons. The second-order valence-corrected chi connectivity index (χ2v) is 7.24. The Morgan fingerprint density at radius 3 is 2.50 bits per heavy atom. The number of benzene rings is 1. The van der Waals surface area contributed by atoms with Crippen molar-refractivity contribution < 1.29 is 13.2 Å². The SMILES string of the molecule is CN(c1cccc(C2(N=C=O)CCCC2)c1)S(C)(=O)=O. The first-order valence-electron chi connectivity index (χ1n) is 6.52. The molecule has 1 fully saturated rings. The maximum Gasteiger partial charge on any atom is 0.235 e. The van der Waals surface area contributed by atoms with Gasteiger partial charge in [-0.3, -0.25) is 4.31 Å². The molecular formula is C14H18N2O3S. The van der Waals surface area contributed by atoms with Gasteiger partial charge in [-0.1, -0.05) is 25.0 Å². The zero-order valence-corrected chi connectivity index (χ0v) is 12.5. The van der Waals surface area contributed by atoms with Crippen molar-refractivity contribution in [3.05, 3.63) is 29.8 Å². The summed E-state index contributed by atoms with van der Waals surface area (Å²) >= 11 is 0. The molecule has 20 heavy (non-hydrogen) atoms. The standard InChI is InChI=1S/C14H18N2O3S/c1-16(20(2,18)19)13-7-5-6-12(10-13)14(15-11-17)8-3-4-9-14/h5-7,10H,3-4,8-9H2,1-2H3. The third-order valence-corrected chi connectivity index (χ3v) is 5.14. The summed E-state index contributed by atoms with van der Waals surface area (Å²) in [6.45, 7) is 0. The minimum absolute atomic E-state index is 0.532. The Labute approximate surface area is 119 Å². The first-order valence-corrected chi connectivity index (χ1v) is 8.37. The van der Waals surface area contributed by atoms with Crippen molar-refractivity contribution >= 4 is 21.8 Å². The lowest BCUT2D eigenvalue weighted by molar-refractivity contribution is 0.456. The van der Waals surface area contributed by atoms with E-state index in [-0.39, 0.29) is 0 Å². The van der Waals surface area contributed by atoms with Crippen LogP contribution in [0.2, 0.25) is 0 Å². The molecule has 0 N–H and O–H groups in total. The van der Waals surface area contributed by atoms with Gasteiger partial charge < -0.3 is 0 Å². The molecule has 0 saturated heterocycles. The molecule has 1 aromatic rings. The molecule has 1 aromatic carbocycles. The number of anilines is 1. The number of sulfonamides is 1. The summed E-state index contributed by atoms with van der Waals surface area (Å²) in [7, 11) is -1.79. The summed E-state index contributed by atoms with van der Waals surface area (Å²) in [5, 5.41) is 0. The van der Waals surface area contributed by atoms with Crippen molar-refractivity contribution in [3.8, 4) is 0 Å². The summed E-state index contributed by atoms with van der Waals surface area (Å²) in [4.78, 5) is 14.7.